The molecule has 2 rings (SSSR count). The van der Waals surface area contributed by atoms with Gasteiger partial charge in [-0.2, -0.15) is 0 Å². The second kappa shape index (κ2) is 6.68. The molecule has 1 N–H and O–H groups in total. The first kappa shape index (κ1) is 15.4. The molecule has 0 aromatic heterocycles. The highest BCUT2D eigenvalue weighted by atomic mass is 19.2. The van der Waals surface area contributed by atoms with E-state index < -0.39 is 11.6 Å². The number of hydrogen-bond donors (Lipinski definition) is 1. The quantitative estimate of drug-likeness (QED) is 0.905. The van der Waals surface area contributed by atoms with Gasteiger partial charge in [0.2, 0.25) is 0 Å². The maximum absolute atomic E-state index is 13.8. The highest BCUT2D eigenvalue weighted by molar-refractivity contribution is 5.38. The molecule has 0 heterocycles. The van der Waals surface area contributed by atoms with Gasteiger partial charge in [-0.25, -0.2) is 8.78 Å². The van der Waals surface area contributed by atoms with E-state index in [2.05, 4.69) is 5.32 Å². The van der Waals surface area contributed by atoms with Crippen LogP contribution >= 0.6 is 0 Å². The third kappa shape index (κ3) is 3.39. The Labute approximate surface area is 123 Å². The Bertz CT molecular complexity index is 628. The summed E-state index contributed by atoms with van der Waals surface area (Å²) in [6.45, 7) is 1.96. The molecule has 0 saturated carbocycles. The van der Waals surface area contributed by atoms with E-state index in [0.717, 1.165) is 22.9 Å². The van der Waals surface area contributed by atoms with Gasteiger partial charge in [-0.05, 0) is 49.2 Å². The maximum Gasteiger partial charge on any atom is 0.162 e. The summed E-state index contributed by atoms with van der Waals surface area (Å²) in [4.78, 5) is 0. The number of benzene rings is 2. The molecule has 0 aliphatic rings. The van der Waals surface area contributed by atoms with Gasteiger partial charge in [0.25, 0.3) is 0 Å². The zero-order valence-electron chi connectivity index (χ0n) is 12.4. The van der Waals surface area contributed by atoms with Crippen molar-refractivity contribution in [3.63, 3.8) is 0 Å². The van der Waals surface area contributed by atoms with Crippen LogP contribution in [0.2, 0.25) is 0 Å². The van der Waals surface area contributed by atoms with Crippen LogP contribution in [0.25, 0.3) is 0 Å². The van der Waals surface area contributed by atoms with Crippen LogP contribution < -0.4 is 10.1 Å². The lowest BCUT2D eigenvalue weighted by Gasteiger charge is -2.18. The molecular formula is C17H19F2NO. The minimum Gasteiger partial charge on any atom is -0.496 e. The standard InChI is InChI=1S/C17H19F2NO/c1-11-9-12(7-8-16(11)21-3)15(20-2)10-13-5-4-6-14(18)17(13)19/h4-9,15,20H,10H2,1-3H3. The minimum absolute atomic E-state index is 0.0918. The molecule has 0 aliphatic carbocycles. The number of nitrogens with one attached hydrogen (secondary N) is 1. The van der Waals surface area contributed by atoms with E-state index in [1.54, 1.807) is 20.2 Å². The SMILES string of the molecule is CNC(Cc1cccc(F)c1F)c1ccc(OC)c(C)c1. The minimum atomic E-state index is -0.812. The number of halogens is 2. The fraction of sp³-hybridized carbons (Fsp3) is 0.294. The molecular weight excluding hydrogens is 272 g/mol. The largest absolute Gasteiger partial charge is 0.496 e. The third-order valence-corrected chi connectivity index (χ3v) is 3.63. The smallest absolute Gasteiger partial charge is 0.162 e. The van der Waals surface area contributed by atoms with Crippen molar-refractivity contribution in [1.82, 2.24) is 5.32 Å². The molecule has 4 heteroatoms. The Hall–Kier alpha value is -1.94. The van der Waals surface area contributed by atoms with Crippen LogP contribution in [0.15, 0.2) is 36.4 Å². The lowest BCUT2D eigenvalue weighted by atomic mass is 9.97. The summed E-state index contributed by atoms with van der Waals surface area (Å²) in [5.74, 6) is -0.776. The molecule has 2 nitrogen and oxygen atoms in total. The monoisotopic (exact) mass is 291 g/mol. The highest BCUT2D eigenvalue weighted by Gasteiger charge is 2.15. The first-order valence-electron chi connectivity index (χ1n) is 6.81. The molecule has 0 aliphatic heterocycles. The Morgan fingerprint density at radius 1 is 1.19 bits per heavy atom. The first-order chi connectivity index (χ1) is 10.1. The molecule has 2 aromatic rings. The predicted molar refractivity (Wildman–Crippen MR) is 79.6 cm³/mol. The fourth-order valence-electron chi connectivity index (χ4n) is 2.43. The van der Waals surface area contributed by atoms with Gasteiger partial charge in [-0.15, -0.1) is 0 Å². The third-order valence-electron chi connectivity index (χ3n) is 3.63. The number of hydrogen-bond acceptors (Lipinski definition) is 2. The van der Waals surface area contributed by atoms with Gasteiger partial charge in [0, 0.05) is 6.04 Å². The van der Waals surface area contributed by atoms with Crippen molar-refractivity contribution < 1.29 is 13.5 Å². The average molecular weight is 291 g/mol. The number of likely N-dealkylation sites (N-methyl/N-ethyl adjacent to an activating group) is 1. The molecule has 1 unspecified atom stereocenters. The topological polar surface area (TPSA) is 21.3 Å². The van der Waals surface area contributed by atoms with E-state index in [4.69, 9.17) is 4.74 Å². The Morgan fingerprint density at radius 3 is 2.57 bits per heavy atom. The lowest BCUT2D eigenvalue weighted by Crippen LogP contribution is -2.19. The van der Waals surface area contributed by atoms with Crippen molar-refractivity contribution in [3.05, 3.63) is 64.7 Å². The fourth-order valence-corrected chi connectivity index (χ4v) is 2.43. The van der Waals surface area contributed by atoms with Crippen LogP contribution in [0.1, 0.15) is 22.7 Å². The van der Waals surface area contributed by atoms with E-state index in [1.807, 2.05) is 25.1 Å². The summed E-state index contributed by atoms with van der Waals surface area (Å²) in [6.07, 6.45) is 0.381. The zero-order chi connectivity index (χ0) is 15.4. The van der Waals surface area contributed by atoms with Crippen molar-refractivity contribution in [2.45, 2.75) is 19.4 Å². The first-order valence-corrected chi connectivity index (χ1v) is 6.81. The molecule has 0 amide bonds. The molecule has 21 heavy (non-hydrogen) atoms. The van der Waals surface area contributed by atoms with Crippen LogP contribution in [0, 0.1) is 18.6 Å². The average Bonchev–Trinajstić information content (AvgIpc) is 2.48. The number of rotatable bonds is 5. The van der Waals surface area contributed by atoms with E-state index in [-0.39, 0.29) is 6.04 Å². The van der Waals surface area contributed by atoms with Gasteiger partial charge in [-0.3, -0.25) is 0 Å². The molecule has 0 spiro atoms. The summed E-state index contributed by atoms with van der Waals surface area (Å²) in [7, 11) is 3.43. The molecule has 1 atom stereocenters. The lowest BCUT2D eigenvalue weighted by molar-refractivity contribution is 0.411. The molecule has 2 aromatic carbocycles. The van der Waals surface area contributed by atoms with Crippen molar-refractivity contribution >= 4 is 0 Å². The number of methoxy groups -OCH3 is 1. The summed E-state index contributed by atoms with van der Waals surface area (Å²) in [6, 6.07) is 9.99. The Kier molecular flexibility index (Phi) is 4.91. The second-order valence-electron chi connectivity index (χ2n) is 4.99. The van der Waals surface area contributed by atoms with Gasteiger partial charge in [0.05, 0.1) is 7.11 Å². The number of ether oxygens (including phenoxy) is 1. The highest BCUT2D eigenvalue weighted by Crippen LogP contribution is 2.25. The van der Waals surface area contributed by atoms with Gasteiger partial charge in [0.15, 0.2) is 11.6 Å². The Morgan fingerprint density at radius 2 is 1.95 bits per heavy atom. The van der Waals surface area contributed by atoms with Gasteiger partial charge in [-0.1, -0.05) is 24.3 Å². The van der Waals surface area contributed by atoms with E-state index in [0.29, 0.717) is 12.0 Å². The molecule has 0 fully saturated rings. The van der Waals surface area contributed by atoms with Gasteiger partial charge in [0.1, 0.15) is 5.75 Å². The van der Waals surface area contributed by atoms with Crippen molar-refractivity contribution in [3.8, 4) is 5.75 Å². The Balaban J connectivity index is 2.28. The summed E-state index contributed by atoms with van der Waals surface area (Å²) < 4.78 is 32.3. The van der Waals surface area contributed by atoms with Crippen LogP contribution in [-0.2, 0) is 6.42 Å². The second-order valence-corrected chi connectivity index (χ2v) is 4.99. The maximum atomic E-state index is 13.8. The normalized spacial score (nSPS) is 12.2. The summed E-state index contributed by atoms with van der Waals surface area (Å²) in [5, 5.41) is 3.15. The number of aryl methyl sites for hydroxylation is 1. The van der Waals surface area contributed by atoms with Gasteiger partial charge < -0.3 is 10.1 Å². The molecule has 0 saturated heterocycles. The summed E-state index contributed by atoms with van der Waals surface area (Å²) >= 11 is 0. The molecule has 0 radical (unpaired) electrons. The van der Waals surface area contributed by atoms with Crippen LogP contribution in [0.5, 0.6) is 5.75 Å². The van der Waals surface area contributed by atoms with Crippen LogP contribution in [0.4, 0.5) is 8.78 Å². The van der Waals surface area contributed by atoms with Crippen LogP contribution in [0.3, 0.4) is 0 Å². The van der Waals surface area contributed by atoms with Crippen molar-refractivity contribution in [1.29, 1.82) is 0 Å². The van der Waals surface area contributed by atoms with E-state index in [9.17, 15) is 8.78 Å². The zero-order valence-corrected chi connectivity index (χ0v) is 12.4. The van der Waals surface area contributed by atoms with Crippen molar-refractivity contribution in [2.24, 2.45) is 0 Å². The summed E-state index contributed by atoms with van der Waals surface area (Å²) in [5.41, 5.74) is 2.39. The van der Waals surface area contributed by atoms with E-state index >= 15 is 0 Å². The van der Waals surface area contributed by atoms with Gasteiger partial charge >= 0.3 is 0 Å². The van der Waals surface area contributed by atoms with E-state index in [1.165, 1.54) is 6.07 Å². The molecule has 0 bridgehead atoms. The predicted octanol–water partition coefficient (Wildman–Crippen LogP) is 3.79. The molecule has 112 valence electrons. The van der Waals surface area contributed by atoms with Crippen LogP contribution in [-0.4, -0.2) is 14.2 Å². The van der Waals surface area contributed by atoms with Crippen molar-refractivity contribution in [2.75, 3.05) is 14.2 Å².